The summed E-state index contributed by atoms with van der Waals surface area (Å²) in [6.45, 7) is 9.29. The van der Waals surface area contributed by atoms with Crippen molar-refractivity contribution in [3.05, 3.63) is 0 Å². The summed E-state index contributed by atoms with van der Waals surface area (Å²) in [5, 5.41) is 1.15. The van der Waals surface area contributed by atoms with E-state index in [0.717, 1.165) is 11.2 Å². The van der Waals surface area contributed by atoms with Crippen LogP contribution in [-0.4, -0.2) is 5.33 Å². The van der Waals surface area contributed by atoms with Crippen molar-refractivity contribution >= 4 is 15.9 Å². The van der Waals surface area contributed by atoms with Crippen molar-refractivity contribution in [3.63, 3.8) is 0 Å². The predicted molar refractivity (Wildman–Crippen MR) is 60.9 cm³/mol. The van der Waals surface area contributed by atoms with E-state index in [4.69, 9.17) is 0 Å². The van der Waals surface area contributed by atoms with Crippen LogP contribution < -0.4 is 0 Å². The van der Waals surface area contributed by atoms with Crippen LogP contribution in [0.5, 0.6) is 0 Å². The van der Waals surface area contributed by atoms with Gasteiger partial charge in [-0.15, -0.1) is 0 Å². The van der Waals surface area contributed by atoms with Crippen molar-refractivity contribution in [1.29, 1.82) is 0 Å². The Labute approximate surface area is 86.3 Å². The molecule has 0 aromatic rings. The summed E-state index contributed by atoms with van der Waals surface area (Å²) >= 11 is 3.62. The summed E-state index contributed by atoms with van der Waals surface area (Å²) in [5.74, 6) is 0.924. The molecule has 0 aliphatic heterocycles. The Bertz CT molecular complexity index is 102. The molecule has 1 unspecified atom stereocenters. The Morgan fingerprint density at radius 1 is 1.17 bits per heavy atom. The fourth-order valence-electron chi connectivity index (χ4n) is 1.57. The molecule has 0 saturated heterocycles. The van der Waals surface area contributed by atoms with Crippen molar-refractivity contribution in [2.24, 2.45) is 11.3 Å². The summed E-state index contributed by atoms with van der Waals surface area (Å²) in [6.07, 6.45) is 5.33. The molecule has 0 aliphatic carbocycles. The van der Waals surface area contributed by atoms with Crippen LogP contribution in [0, 0.1) is 11.3 Å². The molecule has 0 aromatic heterocycles. The monoisotopic (exact) mass is 234 g/mol. The molecule has 0 radical (unpaired) electrons. The molecular formula is C11H23Br. The van der Waals surface area contributed by atoms with E-state index in [1.807, 2.05) is 0 Å². The highest BCUT2D eigenvalue weighted by atomic mass is 79.9. The molecule has 0 bridgehead atoms. The van der Waals surface area contributed by atoms with Crippen molar-refractivity contribution in [2.75, 3.05) is 5.33 Å². The number of alkyl halides is 1. The van der Waals surface area contributed by atoms with Gasteiger partial charge in [-0.1, -0.05) is 56.5 Å². The van der Waals surface area contributed by atoms with Crippen LogP contribution in [0.15, 0.2) is 0 Å². The Morgan fingerprint density at radius 3 is 1.92 bits per heavy atom. The molecule has 0 heterocycles. The first-order chi connectivity index (χ1) is 5.61. The summed E-state index contributed by atoms with van der Waals surface area (Å²) < 4.78 is 0. The quantitative estimate of drug-likeness (QED) is 0.589. The lowest BCUT2D eigenvalue weighted by atomic mass is 9.79. The van der Waals surface area contributed by atoms with Crippen molar-refractivity contribution < 1.29 is 0 Å². The molecule has 0 N–H and O–H groups in total. The maximum absolute atomic E-state index is 3.62. The van der Waals surface area contributed by atoms with Crippen LogP contribution in [0.2, 0.25) is 0 Å². The van der Waals surface area contributed by atoms with Gasteiger partial charge in [0.05, 0.1) is 0 Å². The maximum atomic E-state index is 3.62. The van der Waals surface area contributed by atoms with Gasteiger partial charge in [0.2, 0.25) is 0 Å². The topological polar surface area (TPSA) is 0 Å². The lowest BCUT2D eigenvalue weighted by Crippen LogP contribution is -2.21. The molecule has 1 atom stereocenters. The molecule has 0 aromatic carbocycles. The van der Waals surface area contributed by atoms with Gasteiger partial charge in [0, 0.05) is 5.33 Å². The number of rotatable bonds is 6. The van der Waals surface area contributed by atoms with Gasteiger partial charge in [-0.05, 0) is 24.2 Å². The van der Waals surface area contributed by atoms with E-state index in [2.05, 4.69) is 43.6 Å². The standard InChI is InChI=1S/C11H23Br/c1-5-10(6-2)8-11(4,7-3)9-12/h10H,5-9H2,1-4H3. The Morgan fingerprint density at radius 2 is 1.67 bits per heavy atom. The van der Waals surface area contributed by atoms with Crippen molar-refractivity contribution in [3.8, 4) is 0 Å². The zero-order valence-electron chi connectivity index (χ0n) is 8.99. The lowest BCUT2D eigenvalue weighted by Gasteiger charge is -2.29. The summed E-state index contributed by atoms with van der Waals surface area (Å²) in [7, 11) is 0. The smallest absolute Gasteiger partial charge is 0.00853 e. The van der Waals surface area contributed by atoms with Crippen molar-refractivity contribution in [2.45, 2.75) is 53.4 Å². The highest BCUT2D eigenvalue weighted by molar-refractivity contribution is 9.09. The second-order valence-electron chi connectivity index (χ2n) is 4.18. The fourth-order valence-corrected chi connectivity index (χ4v) is 2.19. The predicted octanol–water partition coefficient (Wildman–Crippen LogP) is 4.62. The largest absolute Gasteiger partial charge is 0.0922 e. The highest BCUT2D eigenvalue weighted by Gasteiger charge is 2.23. The van der Waals surface area contributed by atoms with E-state index in [-0.39, 0.29) is 0 Å². The fraction of sp³-hybridized carbons (Fsp3) is 1.00. The molecule has 0 rings (SSSR count). The van der Waals surface area contributed by atoms with E-state index in [9.17, 15) is 0 Å². The minimum absolute atomic E-state index is 0.524. The summed E-state index contributed by atoms with van der Waals surface area (Å²) in [5.41, 5.74) is 0.524. The van der Waals surface area contributed by atoms with E-state index in [1.165, 1.54) is 25.7 Å². The van der Waals surface area contributed by atoms with Gasteiger partial charge in [-0.2, -0.15) is 0 Å². The first kappa shape index (κ1) is 12.5. The summed E-state index contributed by atoms with van der Waals surface area (Å²) in [4.78, 5) is 0. The number of halogens is 1. The second kappa shape index (κ2) is 6.01. The zero-order chi connectivity index (χ0) is 9.61. The minimum Gasteiger partial charge on any atom is -0.0922 e. The number of hydrogen-bond donors (Lipinski definition) is 0. The Kier molecular flexibility index (Phi) is 6.25. The molecule has 0 saturated carbocycles. The third kappa shape index (κ3) is 3.93. The molecule has 74 valence electrons. The van der Waals surface area contributed by atoms with Gasteiger partial charge in [-0.3, -0.25) is 0 Å². The van der Waals surface area contributed by atoms with Crippen LogP contribution in [-0.2, 0) is 0 Å². The molecular weight excluding hydrogens is 212 g/mol. The Balaban J connectivity index is 3.99. The lowest BCUT2D eigenvalue weighted by molar-refractivity contribution is 0.255. The van der Waals surface area contributed by atoms with Gasteiger partial charge < -0.3 is 0 Å². The normalized spacial score (nSPS) is 16.5. The average molecular weight is 235 g/mol. The van der Waals surface area contributed by atoms with Crippen LogP contribution in [0.1, 0.15) is 53.4 Å². The number of hydrogen-bond acceptors (Lipinski definition) is 0. The van der Waals surface area contributed by atoms with Crippen LogP contribution in [0.3, 0.4) is 0 Å². The first-order valence-corrected chi connectivity index (χ1v) is 6.30. The van der Waals surface area contributed by atoms with Gasteiger partial charge >= 0.3 is 0 Å². The van der Waals surface area contributed by atoms with E-state index >= 15 is 0 Å². The minimum atomic E-state index is 0.524. The van der Waals surface area contributed by atoms with Crippen LogP contribution >= 0.6 is 15.9 Å². The third-order valence-electron chi connectivity index (χ3n) is 3.11. The van der Waals surface area contributed by atoms with Gasteiger partial charge in [0.15, 0.2) is 0 Å². The first-order valence-electron chi connectivity index (χ1n) is 5.17. The molecule has 0 fully saturated rings. The van der Waals surface area contributed by atoms with Crippen LogP contribution in [0.25, 0.3) is 0 Å². The van der Waals surface area contributed by atoms with E-state index in [1.54, 1.807) is 0 Å². The summed E-state index contributed by atoms with van der Waals surface area (Å²) in [6, 6.07) is 0. The van der Waals surface area contributed by atoms with E-state index < -0.39 is 0 Å². The molecule has 1 heteroatoms. The third-order valence-corrected chi connectivity index (χ3v) is 4.47. The molecule has 0 aliphatic rings. The second-order valence-corrected chi connectivity index (χ2v) is 4.75. The van der Waals surface area contributed by atoms with Gasteiger partial charge in [0.1, 0.15) is 0 Å². The Hall–Kier alpha value is 0.480. The molecule has 0 spiro atoms. The van der Waals surface area contributed by atoms with Gasteiger partial charge in [0.25, 0.3) is 0 Å². The van der Waals surface area contributed by atoms with Crippen molar-refractivity contribution in [1.82, 2.24) is 0 Å². The average Bonchev–Trinajstić information content (AvgIpc) is 2.14. The van der Waals surface area contributed by atoms with Crippen LogP contribution in [0.4, 0.5) is 0 Å². The molecule has 12 heavy (non-hydrogen) atoms. The SMILES string of the molecule is CCC(CC)CC(C)(CC)CBr. The van der Waals surface area contributed by atoms with Gasteiger partial charge in [-0.25, -0.2) is 0 Å². The van der Waals surface area contributed by atoms with E-state index in [0.29, 0.717) is 5.41 Å². The molecule has 0 amide bonds. The highest BCUT2D eigenvalue weighted by Crippen LogP contribution is 2.33. The maximum Gasteiger partial charge on any atom is 0.00853 e. The molecule has 0 nitrogen and oxygen atoms in total. The zero-order valence-corrected chi connectivity index (χ0v) is 10.6.